The summed E-state index contributed by atoms with van der Waals surface area (Å²) in [7, 11) is 0. The Morgan fingerprint density at radius 1 is 1.70 bits per heavy atom. The molecule has 0 aromatic rings. The fraction of sp³-hybridized carbons (Fsp3) is 0.667. The monoisotopic (exact) mass is 138 g/mol. The molecule has 0 heterocycles. The highest BCUT2D eigenvalue weighted by molar-refractivity contribution is 5.90. The Balaban J connectivity index is 2.36. The second-order valence-electron chi connectivity index (χ2n) is 2.96. The molecular weight excluding hydrogens is 124 g/mol. The lowest BCUT2D eigenvalue weighted by molar-refractivity contribution is -0.115. The van der Waals surface area contributed by atoms with Crippen molar-refractivity contribution in [2.75, 3.05) is 0 Å². The van der Waals surface area contributed by atoms with Crippen LogP contribution in [-0.2, 0) is 4.79 Å². The molecule has 1 aliphatic rings. The minimum Gasteiger partial charge on any atom is -0.295 e. The summed E-state index contributed by atoms with van der Waals surface area (Å²) in [6.07, 6.45) is 8.02. The lowest BCUT2D eigenvalue weighted by Gasteiger charge is -2.14. The summed E-state index contributed by atoms with van der Waals surface area (Å²) in [5, 5.41) is 0. The van der Waals surface area contributed by atoms with Gasteiger partial charge < -0.3 is 0 Å². The van der Waals surface area contributed by atoms with Gasteiger partial charge >= 0.3 is 0 Å². The number of carbonyl (C=O) groups excluding carboxylic acids is 1. The van der Waals surface area contributed by atoms with Crippen molar-refractivity contribution in [2.24, 2.45) is 5.92 Å². The smallest absolute Gasteiger partial charge is 0.155 e. The van der Waals surface area contributed by atoms with Crippen LogP contribution in [0.15, 0.2) is 12.2 Å². The maximum atomic E-state index is 10.9. The van der Waals surface area contributed by atoms with Crippen LogP contribution in [-0.4, -0.2) is 5.78 Å². The molecule has 0 spiro atoms. The highest BCUT2D eigenvalue weighted by Gasteiger charge is 2.13. The Morgan fingerprint density at radius 2 is 2.50 bits per heavy atom. The molecule has 0 N–H and O–H groups in total. The van der Waals surface area contributed by atoms with Crippen molar-refractivity contribution in [3.63, 3.8) is 0 Å². The summed E-state index contributed by atoms with van der Waals surface area (Å²) < 4.78 is 0. The van der Waals surface area contributed by atoms with Crippen LogP contribution >= 0.6 is 0 Å². The first-order valence-electron chi connectivity index (χ1n) is 4.02. The zero-order valence-electron chi connectivity index (χ0n) is 6.47. The molecule has 10 heavy (non-hydrogen) atoms. The topological polar surface area (TPSA) is 17.1 Å². The molecule has 0 fully saturated rings. The number of hydrogen-bond acceptors (Lipinski definition) is 1. The normalized spacial score (nSPS) is 25.3. The number of ketones is 1. The maximum absolute atomic E-state index is 10.9. The molecule has 0 aliphatic heterocycles. The van der Waals surface area contributed by atoms with Crippen LogP contribution in [0.5, 0.6) is 0 Å². The summed E-state index contributed by atoms with van der Waals surface area (Å²) in [6, 6.07) is 0. The minimum atomic E-state index is 0.310. The van der Waals surface area contributed by atoms with Gasteiger partial charge in [0.1, 0.15) is 0 Å². The molecule has 0 aromatic carbocycles. The van der Waals surface area contributed by atoms with Crippen molar-refractivity contribution in [2.45, 2.75) is 32.6 Å². The fourth-order valence-corrected chi connectivity index (χ4v) is 1.46. The van der Waals surface area contributed by atoms with Crippen molar-refractivity contribution in [1.82, 2.24) is 0 Å². The van der Waals surface area contributed by atoms with Gasteiger partial charge in [-0.3, -0.25) is 4.79 Å². The molecular formula is C9H14O. The molecule has 0 saturated carbocycles. The van der Waals surface area contributed by atoms with E-state index in [1.165, 1.54) is 12.8 Å². The summed E-state index contributed by atoms with van der Waals surface area (Å²) >= 11 is 0. The molecule has 0 amide bonds. The van der Waals surface area contributed by atoms with Crippen molar-refractivity contribution < 1.29 is 4.79 Å². The number of rotatable bonds is 2. The van der Waals surface area contributed by atoms with Crippen LogP contribution < -0.4 is 0 Å². The van der Waals surface area contributed by atoms with Crippen molar-refractivity contribution >= 4 is 5.78 Å². The van der Waals surface area contributed by atoms with Crippen LogP contribution in [0.4, 0.5) is 0 Å². The van der Waals surface area contributed by atoms with Crippen LogP contribution in [0.1, 0.15) is 32.6 Å². The second-order valence-corrected chi connectivity index (χ2v) is 2.96. The molecule has 56 valence electrons. The van der Waals surface area contributed by atoms with E-state index < -0.39 is 0 Å². The predicted molar refractivity (Wildman–Crippen MR) is 41.8 cm³/mol. The van der Waals surface area contributed by atoms with E-state index in [1.807, 2.05) is 6.08 Å². The quantitative estimate of drug-likeness (QED) is 0.572. The van der Waals surface area contributed by atoms with Gasteiger partial charge in [0, 0.05) is 6.42 Å². The van der Waals surface area contributed by atoms with Crippen molar-refractivity contribution in [3.8, 4) is 0 Å². The Morgan fingerprint density at radius 3 is 3.10 bits per heavy atom. The van der Waals surface area contributed by atoms with Crippen molar-refractivity contribution in [1.29, 1.82) is 0 Å². The highest BCUT2D eigenvalue weighted by Crippen LogP contribution is 2.20. The number of hydrogen-bond donors (Lipinski definition) is 0. The summed E-state index contributed by atoms with van der Waals surface area (Å²) in [5.41, 5.74) is 0. The fourth-order valence-electron chi connectivity index (χ4n) is 1.46. The third kappa shape index (κ3) is 1.98. The first kappa shape index (κ1) is 7.52. The largest absolute Gasteiger partial charge is 0.295 e. The molecule has 1 unspecified atom stereocenters. The van der Waals surface area contributed by atoms with Gasteiger partial charge in [-0.25, -0.2) is 0 Å². The standard InChI is InChI=1S/C9H14O/c1-2-4-8-5-3-6-9(10)7-8/h3,6,8H,2,4-5,7H2,1H3. The minimum absolute atomic E-state index is 0.310. The molecule has 1 rings (SSSR count). The number of allylic oxidation sites excluding steroid dienone is 2. The molecule has 0 aromatic heterocycles. The maximum Gasteiger partial charge on any atom is 0.155 e. The Hall–Kier alpha value is -0.590. The first-order chi connectivity index (χ1) is 4.83. The van der Waals surface area contributed by atoms with E-state index in [1.54, 1.807) is 6.08 Å². The molecule has 1 aliphatic carbocycles. The predicted octanol–water partition coefficient (Wildman–Crippen LogP) is 2.32. The van der Waals surface area contributed by atoms with Gasteiger partial charge in [0.25, 0.3) is 0 Å². The molecule has 0 saturated heterocycles. The summed E-state index contributed by atoms with van der Waals surface area (Å²) in [6.45, 7) is 2.17. The van der Waals surface area contributed by atoms with E-state index in [2.05, 4.69) is 6.92 Å². The first-order valence-corrected chi connectivity index (χ1v) is 4.02. The van der Waals surface area contributed by atoms with Gasteiger partial charge in [0.2, 0.25) is 0 Å². The third-order valence-electron chi connectivity index (χ3n) is 1.96. The summed E-state index contributed by atoms with van der Waals surface area (Å²) in [4.78, 5) is 10.9. The Labute approximate surface area is 62.1 Å². The molecule has 1 atom stereocenters. The van der Waals surface area contributed by atoms with E-state index in [0.29, 0.717) is 11.7 Å². The van der Waals surface area contributed by atoms with Gasteiger partial charge in [-0.05, 0) is 24.8 Å². The second kappa shape index (κ2) is 3.55. The van der Waals surface area contributed by atoms with Crippen LogP contribution in [0.25, 0.3) is 0 Å². The van der Waals surface area contributed by atoms with E-state index in [4.69, 9.17) is 0 Å². The Bertz CT molecular complexity index is 147. The van der Waals surface area contributed by atoms with Gasteiger partial charge in [0.15, 0.2) is 5.78 Å². The van der Waals surface area contributed by atoms with E-state index >= 15 is 0 Å². The van der Waals surface area contributed by atoms with E-state index in [0.717, 1.165) is 12.8 Å². The van der Waals surface area contributed by atoms with Gasteiger partial charge in [-0.15, -0.1) is 0 Å². The molecule has 1 nitrogen and oxygen atoms in total. The average Bonchev–Trinajstić information content (AvgIpc) is 1.88. The third-order valence-corrected chi connectivity index (χ3v) is 1.96. The van der Waals surface area contributed by atoms with Crippen LogP contribution in [0.2, 0.25) is 0 Å². The van der Waals surface area contributed by atoms with Gasteiger partial charge in [-0.2, -0.15) is 0 Å². The lowest BCUT2D eigenvalue weighted by Crippen LogP contribution is -2.09. The van der Waals surface area contributed by atoms with E-state index in [-0.39, 0.29) is 0 Å². The van der Waals surface area contributed by atoms with Gasteiger partial charge in [-0.1, -0.05) is 19.4 Å². The van der Waals surface area contributed by atoms with Gasteiger partial charge in [0.05, 0.1) is 0 Å². The molecule has 0 radical (unpaired) electrons. The molecule has 0 bridgehead atoms. The van der Waals surface area contributed by atoms with E-state index in [9.17, 15) is 4.79 Å². The van der Waals surface area contributed by atoms with Crippen LogP contribution in [0.3, 0.4) is 0 Å². The Kier molecular flexibility index (Phi) is 2.67. The zero-order chi connectivity index (χ0) is 7.40. The zero-order valence-corrected chi connectivity index (χ0v) is 6.47. The average molecular weight is 138 g/mol. The highest BCUT2D eigenvalue weighted by atomic mass is 16.1. The SMILES string of the molecule is CCCC1CC=CC(=O)C1. The van der Waals surface area contributed by atoms with Crippen molar-refractivity contribution in [3.05, 3.63) is 12.2 Å². The van der Waals surface area contributed by atoms with Crippen LogP contribution in [0, 0.1) is 5.92 Å². The summed E-state index contributed by atoms with van der Waals surface area (Å²) in [5.74, 6) is 0.951. The lowest BCUT2D eigenvalue weighted by atomic mass is 9.90. The molecule has 1 heteroatoms. The number of carbonyl (C=O) groups is 1.